The standard InChI is InChI=1S/C12H14BrNO6/c1-6-8(12(17)20-2)3-7(4-9(6)14(18)19)11(16)10(15)5-13/h3-4,10-11,15-16H,5H2,1-2H3. The van der Waals surface area contributed by atoms with E-state index in [1.807, 2.05) is 0 Å². The fourth-order valence-electron chi connectivity index (χ4n) is 1.71. The van der Waals surface area contributed by atoms with Crippen molar-refractivity contribution >= 4 is 27.6 Å². The summed E-state index contributed by atoms with van der Waals surface area (Å²) in [6, 6.07) is 2.42. The topological polar surface area (TPSA) is 110 Å². The second-order valence-corrected chi connectivity index (χ2v) is 4.78. The van der Waals surface area contributed by atoms with Crippen LogP contribution < -0.4 is 0 Å². The molecule has 110 valence electrons. The minimum absolute atomic E-state index is 0.0162. The summed E-state index contributed by atoms with van der Waals surface area (Å²) in [7, 11) is 1.16. The van der Waals surface area contributed by atoms with Crippen LogP contribution in [0.25, 0.3) is 0 Å². The highest BCUT2D eigenvalue weighted by Gasteiger charge is 2.25. The highest BCUT2D eigenvalue weighted by Crippen LogP contribution is 2.29. The Hall–Kier alpha value is -1.51. The fraction of sp³-hybridized carbons (Fsp3) is 0.417. The molecule has 0 spiro atoms. The number of hydrogen-bond acceptors (Lipinski definition) is 6. The first-order valence-electron chi connectivity index (χ1n) is 5.62. The third-order valence-electron chi connectivity index (χ3n) is 2.87. The zero-order chi connectivity index (χ0) is 15.4. The zero-order valence-electron chi connectivity index (χ0n) is 10.9. The molecule has 0 aliphatic rings. The molecule has 0 heterocycles. The van der Waals surface area contributed by atoms with Crippen molar-refractivity contribution in [1.29, 1.82) is 0 Å². The second-order valence-electron chi connectivity index (χ2n) is 4.13. The number of ether oxygens (including phenoxy) is 1. The second kappa shape index (κ2) is 6.78. The largest absolute Gasteiger partial charge is 0.465 e. The lowest BCUT2D eigenvalue weighted by atomic mass is 9.97. The van der Waals surface area contributed by atoms with Gasteiger partial charge in [-0.3, -0.25) is 10.1 Å². The van der Waals surface area contributed by atoms with Gasteiger partial charge in [-0.05, 0) is 18.6 Å². The molecule has 0 aliphatic carbocycles. The highest BCUT2D eigenvalue weighted by molar-refractivity contribution is 9.09. The first-order valence-corrected chi connectivity index (χ1v) is 6.75. The summed E-state index contributed by atoms with van der Waals surface area (Å²) in [6.45, 7) is 1.42. The molecule has 1 aromatic rings. The van der Waals surface area contributed by atoms with Gasteiger partial charge >= 0.3 is 5.97 Å². The maximum absolute atomic E-state index is 11.6. The van der Waals surface area contributed by atoms with E-state index in [2.05, 4.69) is 20.7 Å². The van der Waals surface area contributed by atoms with Crippen LogP contribution in [0.15, 0.2) is 12.1 Å². The van der Waals surface area contributed by atoms with Gasteiger partial charge in [0.25, 0.3) is 5.69 Å². The van der Waals surface area contributed by atoms with E-state index in [1.54, 1.807) is 0 Å². The molecule has 0 radical (unpaired) electrons. The van der Waals surface area contributed by atoms with Gasteiger partial charge in [0.1, 0.15) is 6.10 Å². The van der Waals surface area contributed by atoms with Gasteiger partial charge in [-0.15, -0.1) is 0 Å². The van der Waals surface area contributed by atoms with Gasteiger partial charge in [-0.1, -0.05) is 15.9 Å². The molecular formula is C12H14BrNO6. The molecular weight excluding hydrogens is 334 g/mol. The maximum atomic E-state index is 11.6. The van der Waals surface area contributed by atoms with Crippen LogP contribution in [0.2, 0.25) is 0 Å². The number of alkyl halides is 1. The van der Waals surface area contributed by atoms with E-state index < -0.39 is 23.1 Å². The Labute approximate surface area is 123 Å². The van der Waals surface area contributed by atoms with Crippen molar-refractivity contribution in [3.05, 3.63) is 38.9 Å². The molecule has 1 aromatic carbocycles. The minimum atomic E-state index is -1.35. The van der Waals surface area contributed by atoms with Crippen molar-refractivity contribution in [2.75, 3.05) is 12.4 Å². The Morgan fingerprint density at radius 1 is 1.50 bits per heavy atom. The number of rotatable bonds is 5. The van der Waals surface area contributed by atoms with E-state index in [9.17, 15) is 25.1 Å². The molecule has 0 amide bonds. The number of methoxy groups -OCH3 is 1. The molecule has 0 saturated carbocycles. The molecule has 8 heteroatoms. The smallest absolute Gasteiger partial charge is 0.338 e. The summed E-state index contributed by atoms with van der Waals surface area (Å²) in [5.41, 5.74) is -0.109. The van der Waals surface area contributed by atoms with Crippen molar-refractivity contribution in [2.24, 2.45) is 0 Å². The number of carbonyl (C=O) groups excluding carboxylic acids is 1. The monoisotopic (exact) mass is 347 g/mol. The van der Waals surface area contributed by atoms with Crippen molar-refractivity contribution in [3.63, 3.8) is 0 Å². The number of aliphatic hydroxyl groups is 2. The molecule has 7 nitrogen and oxygen atoms in total. The summed E-state index contributed by atoms with van der Waals surface area (Å²) < 4.78 is 4.56. The predicted molar refractivity (Wildman–Crippen MR) is 73.9 cm³/mol. The summed E-state index contributed by atoms with van der Waals surface area (Å²) in [5.74, 6) is -0.743. The number of esters is 1. The molecule has 2 unspecified atom stereocenters. The Bertz CT molecular complexity index is 533. The number of hydrogen-bond donors (Lipinski definition) is 2. The number of halogens is 1. The van der Waals surface area contributed by atoms with Gasteiger partial charge in [0.05, 0.1) is 23.7 Å². The predicted octanol–water partition coefficient (Wildman–Crippen LogP) is 1.48. The number of carbonyl (C=O) groups is 1. The molecule has 0 fully saturated rings. The van der Waals surface area contributed by atoms with Crippen LogP contribution in [-0.2, 0) is 4.74 Å². The van der Waals surface area contributed by atoms with Gasteiger partial charge in [-0.25, -0.2) is 4.79 Å². The summed E-state index contributed by atoms with van der Waals surface area (Å²) in [4.78, 5) is 22.0. The van der Waals surface area contributed by atoms with Crippen molar-refractivity contribution in [3.8, 4) is 0 Å². The average Bonchev–Trinajstić information content (AvgIpc) is 2.44. The Kier molecular flexibility index (Phi) is 5.61. The van der Waals surface area contributed by atoms with Gasteiger partial charge < -0.3 is 14.9 Å². The third-order valence-corrected chi connectivity index (χ3v) is 3.53. The van der Waals surface area contributed by atoms with Crippen LogP contribution in [0, 0.1) is 17.0 Å². The number of nitro benzene ring substituents is 1. The number of benzene rings is 1. The van der Waals surface area contributed by atoms with Crippen LogP contribution in [0.5, 0.6) is 0 Å². The first-order chi connectivity index (χ1) is 9.33. The minimum Gasteiger partial charge on any atom is -0.465 e. The molecule has 0 aromatic heterocycles. The molecule has 1 rings (SSSR count). The molecule has 0 bridgehead atoms. The van der Waals surface area contributed by atoms with Gasteiger partial charge in [-0.2, -0.15) is 0 Å². The number of nitrogens with zero attached hydrogens (tertiary/aromatic N) is 1. The molecule has 20 heavy (non-hydrogen) atoms. The summed E-state index contributed by atoms with van der Waals surface area (Å²) in [6.07, 6.45) is -2.50. The van der Waals surface area contributed by atoms with E-state index in [0.717, 1.165) is 13.2 Å². The zero-order valence-corrected chi connectivity index (χ0v) is 12.5. The lowest BCUT2D eigenvalue weighted by Crippen LogP contribution is -2.20. The van der Waals surface area contributed by atoms with Gasteiger partial charge in [0.15, 0.2) is 0 Å². The van der Waals surface area contributed by atoms with E-state index in [0.29, 0.717) is 0 Å². The lowest BCUT2D eigenvalue weighted by molar-refractivity contribution is -0.385. The lowest BCUT2D eigenvalue weighted by Gasteiger charge is -2.17. The van der Waals surface area contributed by atoms with Crippen LogP contribution >= 0.6 is 15.9 Å². The number of aliphatic hydroxyl groups excluding tert-OH is 2. The van der Waals surface area contributed by atoms with E-state index in [4.69, 9.17) is 0 Å². The Morgan fingerprint density at radius 3 is 2.55 bits per heavy atom. The molecule has 0 saturated heterocycles. The van der Waals surface area contributed by atoms with E-state index in [-0.39, 0.29) is 27.7 Å². The fourth-order valence-corrected chi connectivity index (χ4v) is 2.06. The summed E-state index contributed by atoms with van der Waals surface area (Å²) in [5, 5.41) is 30.6. The van der Waals surface area contributed by atoms with Gasteiger partial charge in [0.2, 0.25) is 0 Å². The van der Waals surface area contributed by atoms with E-state index >= 15 is 0 Å². The van der Waals surface area contributed by atoms with Crippen molar-refractivity contribution in [1.82, 2.24) is 0 Å². The Balaban J connectivity index is 3.44. The maximum Gasteiger partial charge on any atom is 0.338 e. The van der Waals surface area contributed by atoms with E-state index in [1.165, 1.54) is 13.0 Å². The average molecular weight is 348 g/mol. The SMILES string of the molecule is COC(=O)c1cc(C(O)C(O)CBr)cc([N+](=O)[O-])c1C. The molecule has 2 atom stereocenters. The molecule has 2 N–H and O–H groups in total. The van der Waals surface area contributed by atoms with Crippen LogP contribution in [0.1, 0.15) is 27.6 Å². The molecule has 0 aliphatic heterocycles. The van der Waals surface area contributed by atoms with Crippen molar-refractivity contribution in [2.45, 2.75) is 19.1 Å². The Morgan fingerprint density at radius 2 is 2.10 bits per heavy atom. The third kappa shape index (κ3) is 3.33. The van der Waals surface area contributed by atoms with Crippen LogP contribution in [-0.4, -0.2) is 39.6 Å². The number of nitro groups is 1. The van der Waals surface area contributed by atoms with Crippen LogP contribution in [0.3, 0.4) is 0 Å². The van der Waals surface area contributed by atoms with Crippen LogP contribution in [0.4, 0.5) is 5.69 Å². The first kappa shape index (κ1) is 16.5. The van der Waals surface area contributed by atoms with Gasteiger partial charge in [0, 0.05) is 17.0 Å². The quantitative estimate of drug-likeness (QED) is 0.361. The highest BCUT2D eigenvalue weighted by atomic mass is 79.9. The van der Waals surface area contributed by atoms with Crippen molar-refractivity contribution < 1.29 is 24.7 Å². The normalized spacial score (nSPS) is 13.7. The summed E-state index contributed by atoms with van der Waals surface area (Å²) >= 11 is 3.00.